The summed E-state index contributed by atoms with van der Waals surface area (Å²) in [5.74, 6) is 0.353. The lowest BCUT2D eigenvalue weighted by Crippen LogP contribution is -2.30. The van der Waals surface area contributed by atoms with Gasteiger partial charge in [0.1, 0.15) is 5.75 Å². The monoisotopic (exact) mass is 466 g/mol. The average molecular weight is 467 g/mol. The third kappa shape index (κ3) is 5.93. The van der Waals surface area contributed by atoms with Crippen LogP contribution >= 0.6 is 0 Å². The van der Waals surface area contributed by atoms with Crippen molar-refractivity contribution in [2.24, 2.45) is 0 Å². The second kappa shape index (κ2) is 9.67. The van der Waals surface area contributed by atoms with Gasteiger partial charge in [0.2, 0.25) is 0 Å². The van der Waals surface area contributed by atoms with Crippen LogP contribution in [-0.2, 0) is 14.8 Å². The van der Waals surface area contributed by atoms with Crippen LogP contribution in [0.25, 0.3) is 0 Å². The van der Waals surface area contributed by atoms with Gasteiger partial charge in [-0.2, -0.15) is 0 Å². The molecule has 0 aliphatic rings. The number of sulfonamides is 1. The number of nitrogens with one attached hydrogen (secondary N) is 2. The molecule has 0 aromatic heterocycles. The molecule has 7 heteroatoms. The summed E-state index contributed by atoms with van der Waals surface area (Å²) in [6, 6.07) is 15.5. The highest BCUT2D eigenvalue weighted by molar-refractivity contribution is 7.92. The molecule has 1 atom stereocenters. The van der Waals surface area contributed by atoms with Crippen molar-refractivity contribution in [1.29, 1.82) is 0 Å². The molecule has 6 nitrogen and oxygen atoms in total. The Labute approximate surface area is 196 Å². The predicted molar refractivity (Wildman–Crippen MR) is 133 cm³/mol. The van der Waals surface area contributed by atoms with E-state index in [4.69, 9.17) is 4.74 Å². The summed E-state index contributed by atoms with van der Waals surface area (Å²) >= 11 is 0. The van der Waals surface area contributed by atoms with Gasteiger partial charge >= 0.3 is 0 Å². The first-order valence-corrected chi connectivity index (χ1v) is 12.2. The van der Waals surface area contributed by atoms with Gasteiger partial charge in [-0.25, -0.2) is 8.42 Å². The molecule has 3 rings (SSSR count). The molecule has 0 saturated heterocycles. The Hall–Kier alpha value is -3.32. The number of amides is 1. The minimum atomic E-state index is -3.75. The molecule has 1 amide bonds. The van der Waals surface area contributed by atoms with Gasteiger partial charge in [0.15, 0.2) is 6.10 Å². The molecule has 0 unspecified atom stereocenters. The van der Waals surface area contributed by atoms with Gasteiger partial charge in [-0.1, -0.05) is 23.8 Å². The zero-order valence-electron chi connectivity index (χ0n) is 19.8. The van der Waals surface area contributed by atoms with Crippen molar-refractivity contribution in [3.8, 4) is 5.75 Å². The van der Waals surface area contributed by atoms with E-state index in [0.717, 1.165) is 27.8 Å². The minimum Gasteiger partial charge on any atom is -0.481 e. The second-order valence-electron chi connectivity index (χ2n) is 8.40. The van der Waals surface area contributed by atoms with Crippen LogP contribution in [0, 0.1) is 34.6 Å². The summed E-state index contributed by atoms with van der Waals surface area (Å²) in [7, 11) is -3.75. The quantitative estimate of drug-likeness (QED) is 0.486. The predicted octanol–water partition coefficient (Wildman–Crippen LogP) is 5.44. The Bertz CT molecular complexity index is 1280. The number of rotatable bonds is 7. The first kappa shape index (κ1) is 24.3. The van der Waals surface area contributed by atoms with E-state index in [2.05, 4.69) is 16.1 Å². The van der Waals surface area contributed by atoms with Crippen molar-refractivity contribution in [3.05, 3.63) is 82.4 Å². The van der Waals surface area contributed by atoms with Crippen molar-refractivity contribution in [2.45, 2.75) is 52.5 Å². The van der Waals surface area contributed by atoms with E-state index in [-0.39, 0.29) is 10.8 Å². The van der Waals surface area contributed by atoms with E-state index in [1.165, 1.54) is 12.1 Å². The van der Waals surface area contributed by atoms with E-state index in [1.807, 2.05) is 52.8 Å². The number of aryl methyl sites for hydroxylation is 4. The average Bonchev–Trinajstić information content (AvgIpc) is 2.74. The molecule has 2 N–H and O–H groups in total. The SMILES string of the molecule is Cc1ccc(NS(=O)(=O)c2ccc(NC(=O)[C@H](C)Oc3cc(C)cc(C)c3C)cc2)c(C)c1. The fourth-order valence-corrected chi connectivity index (χ4v) is 4.59. The molecule has 0 aliphatic carbocycles. The maximum atomic E-state index is 12.8. The standard InChI is InChI=1S/C26H30N2O4S/c1-16-7-12-24(19(4)13-16)28-33(30,31)23-10-8-22(9-11-23)27-26(29)21(6)32-25-15-17(2)14-18(3)20(25)5/h7-15,21,28H,1-6H3,(H,27,29)/t21-/m0/s1. The zero-order chi connectivity index (χ0) is 24.3. The van der Waals surface area contributed by atoms with Crippen molar-refractivity contribution in [1.82, 2.24) is 0 Å². The van der Waals surface area contributed by atoms with Gasteiger partial charge in [0.25, 0.3) is 15.9 Å². The summed E-state index contributed by atoms with van der Waals surface area (Å²) in [6.45, 7) is 11.4. The van der Waals surface area contributed by atoms with Gasteiger partial charge in [0, 0.05) is 5.69 Å². The molecule has 3 aromatic rings. The Kier molecular flexibility index (Phi) is 7.12. The smallest absolute Gasteiger partial charge is 0.265 e. The fourth-order valence-electron chi connectivity index (χ4n) is 3.46. The summed E-state index contributed by atoms with van der Waals surface area (Å²) < 4.78 is 34.0. The van der Waals surface area contributed by atoms with Crippen LogP contribution in [0.5, 0.6) is 5.75 Å². The Balaban J connectivity index is 1.68. The summed E-state index contributed by atoms with van der Waals surface area (Å²) in [5.41, 5.74) is 6.07. The zero-order valence-corrected chi connectivity index (χ0v) is 20.6. The third-order valence-electron chi connectivity index (χ3n) is 5.50. The molecule has 0 bridgehead atoms. The molecule has 0 radical (unpaired) electrons. The van der Waals surface area contributed by atoms with Crippen LogP contribution in [0.1, 0.15) is 34.7 Å². The first-order chi connectivity index (χ1) is 15.5. The molecule has 0 fully saturated rings. The van der Waals surface area contributed by atoms with E-state index in [9.17, 15) is 13.2 Å². The van der Waals surface area contributed by atoms with Crippen LogP contribution in [0.2, 0.25) is 0 Å². The van der Waals surface area contributed by atoms with Crippen molar-refractivity contribution in [2.75, 3.05) is 10.0 Å². The van der Waals surface area contributed by atoms with E-state index >= 15 is 0 Å². The molecule has 33 heavy (non-hydrogen) atoms. The summed E-state index contributed by atoms with van der Waals surface area (Å²) in [5, 5.41) is 2.78. The lowest BCUT2D eigenvalue weighted by Gasteiger charge is -2.18. The number of ether oxygens (including phenoxy) is 1. The molecular formula is C26H30N2O4S. The summed E-state index contributed by atoms with van der Waals surface area (Å²) in [4.78, 5) is 12.7. The van der Waals surface area contributed by atoms with Gasteiger partial charge < -0.3 is 10.1 Å². The van der Waals surface area contributed by atoms with Crippen molar-refractivity contribution >= 4 is 27.3 Å². The number of hydrogen-bond acceptors (Lipinski definition) is 4. The number of carbonyl (C=O) groups is 1. The maximum absolute atomic E-state index is 12.8. The lowest BCUT2D eigenvalue weighted by molar-refractivity contribution is -0.122. The Morgan fingerprint density at radius 2 is 1.48 bits per heavy atom. The van der Waals surface area contributed by atoms with Crippen LogP contribution in [0.4, 0.5) is 11.4 Å². The Morgan fingerprint density at radius 1 is 0.848 bits per heavy atom. The van der Waals surface area contributed by atoms with Crippen molar-refractivity contribution < 1.29 is 17.9 Å². The molecule has 0 saturated carbocycles. The molecular weight excluding hydrogens is 436 g/mol. The molecule has 3 aromatic carbocycles. The molecule has 0 aliphatic heterocycles. The van der Waals surface area contributed by atoms with E-state index in [0.29, 0.717) is 17.1 Å². The van der Waals surface area contributed by atoms with Crippen molar-refractivity contribution in [3.63, 3.8) is 0 Å². The van der Waals surface area contributed by atoms with Crippen LogP contribution in [0.15, 0.2) is 59.5 Å². The van der Waals surface area contributed by atoms with E-state index < -0.39 is 16.1 Å². The van der Waals surface area contributed by atoms with Gasteiger partial charge in [-0.3, -0.25) is 9.52 Å². The first-order valence-electron chi connectivity index (χ1n) is 10.7. The van der Waals surface area contributed by atoms with Gasteiger partial charge in [0.05, 0.1) is 10.6 Å². The van der Waals surface area contributed by atoms with Crippen LogP contribution in [0.3, 0.4) is 0 Å². The molecule has 0 spiro atoms. The fraction of sp³-hybridized carbons (Fsp3) is 0.269. The largest absolute Gasteiger partial charge is 0.481 e. The minimum absolute atomic E-state index is 0.107. The molecule has 0 heterocycles. The number of benzene rings is 3. The van der Waals surface area contributed by atoms with Crippen LogP contribution < -0.4 is 14.8 Å². The highest BCUT2D eigenvalue weighted by Crippen LogP contribution is 2.25. The highest BCUT2D eigenvalue weighted by Gasteiger charge is 2.18. The van der Waals surface area contributed by atoms with Crippen LogP contribution in [-0.4, -0.2) is 20.4 Å². The second-order valence-corrected chi connectivity index (χ2v) is 10.1. The van der Waals surface area contributed by atoms with Gasteiger partial charge in [-0.05, 0) is 100 Å². The number of carbonyl (C=O) groups excluding carboxylic acids is 1. The normalized spacial score (nSPS) is 12.2. The Morgan fingerprint density at radius 3 is 2.12 bits per heavy atom. The lowest BCUT2D eigenvalue weighted by atomic mass is 10.1. The van der Waals surface area contributed by atoms with E-state index in [1.54, 1.807) is 25.1 Å². The van der Waals surface area contributed by atoms with Gasteiger partial charge in [-0.15, -0.1) is 0 Å². The maximum Gasteiger partial charge on any atom is 0.265 e. The molecule has 174 valence electrons. The number of hydrogen-bond donors (Lipinski definition) is 2. The third-order valence-corrected chi connectivity index (χ3v) is 6.88. The highest BCUT2D eigenvalue weighted by atomic mass is 32.2. The number of anilines is 2. The topological polar surface area (TPSA) is 84.5 Å². The summed E-state index contributed by atoms with van der Waals surface area (Å²) in [6.07, 6.45) is -0.723.